The minimum absolute atomic E-state index is 0.131. The van der Waals surface area contributed by atoms with Gasteiger partial charge >= 0.3 is 0 Å². The van der Waals surface area contributed by atoms with Crippen molar-refractivity contribution in [3.05, 3.63) is 83.7 Å². The number of nitrogens with one attached hydrogen (secondary N) is 2. The van der Waals surface area contributed by atoms with Gasteiger partial charge in [-0.3, -0.25) is 14.5 Å². The van der Waals surface area contributed by atoms with E-state index in [2.05, 4.69) is 19.6 Å². The number of hydrogen-bond donors (Lipinski definition) is 2. The van der Waals surface area contributed by atoms with Crippen molar-refractivity contribution >= 4 is 33.5 Å². The van der Waals surface area contributed by atoms with Crippen molar-refractivity contribution in [2.45, 2.75) is 44.4 Å². The molecule has 182 valence electrons. The molecular formula is C27H30N4O3S. The van der Waals surface area contributed by atoms with E-state index in [1.165, 1.54) is 18.2 Å². The van der Waals surface area contributed by atoms with Crippen LogP contribution in [0.2, 0.25) is 0 Å². The zero-order chi connectivity index (χ0) is 24.8. The molecule has 0 spiro atoms. The Labute approximate surface area is 206 Å². The highest BCUT2D eigenvalue weighted by Gasteiger charge is 2.17. The maximum absolute atomic E-state index is 12.7. The summed E-state index contributed by atoms with van der Waals surface area (Å²) in [6, 6.07) is 18.2. The Bertz CT molecular complexity index is 1360. The number of rotatable bonds is 6. The zero-order valence-electron chi connectivity index (χ0n) is 20.0. The Morgan fingerprint density at radius 2 is 1.74 bits per heavy atom. The highest BCUT2D eigenvalue weighted by molar-refractivity contribution is 7.90. The van der Waals surface area contributed by atoms with Crippen LogP contribution in [0.25, 0.3) is 11.8 Å². The van der Waals surface area contributed by atoms with Crippen LogP contribution in [0.1, 0.15) is 42.6 Å². The Hall–Kier alpha value is -3.65. The molecule has 0 radical (unpaired) electrons. The van der Waals surface area contributed by atoms with Crippen LogP contribution in [0.3, 0.4) is 0 Å². The van der Waals surface area contributed by atoms with E-state index in [0.717, 1.165) is 41.9 Å². The second-order valence-corrected chi connectivity index (χ2v) is 10.3. The molecule has 1 aliphatic rings. The lowest BCUT2D eigenvalue weighted by Crippen LogP contribution is -2.30. The van der Waals surface area contributed by atoms with Crippen molar-refractivity contribution < 1.29 is 13.2 Å². The fourth-order valence-electron chi connectivity index (χ4n) is 4.17. The van der Waals surface area contributed by atoms with Crippen molar-refractivity contribution in [1.82, 2.24) is 9.29 Å². The normalized spacial score (nSPS) is 14.4. The highest BCUT2D eigenvalue weighted by Crippen LogP contribution is 2.22. The molecule has 0 atom stereocenters. The van der Waals surface area contributed by atoms with Gasteiger partial charge in [0.25, 0.3) is 10.0 Å². The summed E-state index contributed by atoms with van der Waals surface area (Å²) < 4.78 is 30.1. The molecule has 0 saturated carbocycles. The van der Waals surface area contributed by atoms with Gasteiger partial charge in [-0.15, -0.1) is 0 Å². The van der Waals surface area contributed by atoms with E-state index in [1.807, 2.05) is 50.2 Å². The Morgan fingerprint density at radius 1 is 1.00 bits per heavy atom. The lowest BCUT2D eigenvalue weighted by molar-refractivity contribution is -0.111. The number of aromatic nitrogens is 1. The number of benzene rings is 2. The van der Waals surface area contributed by atoms with Gasteiger partial charge in [0, 0.05) is 41.8 Å². The molecule has 2 heterocycles. The highest BCUT2D eigenvalue weighted by atomic mass is 32.2. The predicted molar refractivity (Wildman–Crippen MR) is 140 cm³/mol. The van der Waals surface area contributed by atoms with Crippen molar-refractivity contribution in [3.8, 4) is 5.69 Å². The largest absolute Gasteiger partial charge is 0.323 e. The Kier molecular flexibility index (Phi) is 7.51. The third kappa shape index (κ3) is 6.08. The summed E-state index contributed by atoms with van der Waals surface area (Å²) in [4.78, 5) is 16.9. The molecule has 1 aromatic heterocycles. The molecule has 4 rings (SSSR count). The molecule has 1 amide bonds. The molecule has 0 bridgehead atoms. The summed E-state index contributed by atoms with van der Waals surface area (Å²) in [5.74, 6) is 0.215. The van der Waals surface area contributed by atoms with Crippen LogP contribution in [-0.2, 0) is 14.8 Å². The summed E-state index contributed by atoms with van der Waals surface area (Å²) in [6.45, 7) is 4.70. The molecule has 1 aliphatic heterocycles. The van der Waals surface area contributed by atoms with Gasteiger partial charge < -0.3 is 9.88 Å². The molecule has 0 aliphatic carbocycles. The summed E-state index contributed by atoms with van der Waals surface area (Å²) in [6.07, 6.45) is 6.85. The van der Waals surface area contributed by atoms with E-state index in [9.17, 15) is 13.2 Å². The topological polar surface area (TPSA) is 92.6 Å². The second-order valence-electron chi connectivity index (χ2n) is 8.59. The van der Waals surface area contributed by atoms with E-state index in [4.69, 9.17) is 0 Å². The maximum atomic E-state index is 12.7. The van der Waals surface area contributed by atoms with Crippen LogP contribution in [-0.4, -0.2) is 31.3 Å². The van der Waals surface area contributed by atoms with Gasteiger partial charge in [0.05, 0.1) is 4.90 Å². The Balaban J connectivity index is 1.40. The predicted octanol–water partition coefficient (Wildman–Crippen LogP) is 5.00. The number of carbonyl (C=O) groups is 1. The van der Waals surface area contributed by atoms with Crippen molar-refractivity contribution in [3.63, 3.8) is 0 Å². The maximum Gasteiger partial charge on any atom is 0.262 e. The first kappa shape index (κ1) is 24.5. The number of sulfonamides is 1. The number of amides is 1. The summed E-state index contributed by atoms with van der Waals surface area (Å²) in [5, 5.41) is 2.78. The fraction of sp³-hybridized carbons (Fsp3) is 0.259. The van der Waals surface area contributed by atoms with Crippen molar-refractivity contribution in [2.75, 3.05) is 11.9 Å². The number of nitrogens with zero attached hydrogens (tertiary/aromatic N) is 2. The standard InChI is InChI=1S/C27H30N4O3S/c1-20-19-22(21(2)31(20)24-9-5-3-6-10-24)12-17-27(32)29-23-13-15-25(16-14-23)35(33,34)30-26-11-7-4-8-18-28-26/h3,5-6,9-10,12-17,19H,4,7-8,11,18H2,1-2H3,(H,28,30)(H,29,32). The van der Waals surface area contributed by atoms with E-state index in [0.29, 0.717) is 24.5 Å². The number of amidine groups is 1. The monoisotopic (exact) mass is 490 g/mol. The third-order valence-electron chi connectivity index (χ3n) is 5.96. The van der Waals surface area contributed by atoms with Crippen LogP contribution < -0.4 is 10.0 Å². The van der Waals surface area contributed by atoms with Crippen molar-refractivity contribution in [2.24, 2.45) is 4.99 Å². The summed E-state index contributed by atoms with van der Waals surface area (Å²) >= 11 is 0. The average molecular weight is 491 g/mol. The van der Waals surface area contributed by atoms with Crippen LogP contribution in [0.15, 0.2) is 76.6 Å². The van der Waals surface area contributed by atoms with E-state index in [-0.39, 0.29) is 10.8 Å². The number of anilines is 1. The molecule has 8 heteroatoms. The quantitative estimate of drug-likeness (QED) is 0.477. The molecule has 7 nitrogen and oxygen atoms in total. The van der Waals surface area contributed by atoms with Gasteiger partial charge in [-0.1, -0.05) is 24.6 Å². The first-order valence-electron chi connectivity index (χ1n) is 11.7. The summed E-state index contributed by atoms with van der Waals surface area (Å²) in [5.41, 5.74) is 4.66. The molecule has 0 unspecified atom stereocenters. The average Bonchev–Trinajstić information content (AvgIpc) is 2.98. The molecule has 0 fully saturated rings. The first-order chi connectivity index (χ1) is 16.8. The number of carbonyl (C=O) groups excluding carboxylic acids is 1. The molecular weight excluding hydrogens is 460 g/mol. The second kappa shape index (κ2) is 10.7. The van der Waals surface area contributed by atoms with Crippen LogP contribution >= 0.6 is 0 Å². The minimum atomic E-state index is -3.71. The first-order valence-corrected chi connectivity index (χ1v) is 13.2. The van der Waals surface area contributed by atoms with Gasteiger partial charge in [0.15, 0.2) is 0 Å². The molecule has 0 saturated heterocycles. The van der Waals surface area contributed by atoms with E-state index >= 15 is 0 Å². The minimum Gasteiger partial charge on any atom is -0.323 e. The van der Waals surface area contributed by atoms with E-state index in [1.54, 1.807) is 18.2 Å². The van der Waals surface area contributed by atoms with Crippen LogP contribution in [0.5, 0.6) is 0 Å². The molecule has 3 aromatic rings. The van der Waals surface area contributed by atoms with Gasteiger partial charge in [-0.05, 0) is 80.8 Å². The lowest BCUT2D eigenvalue weighted by Gasteiger charge is -2.10. The van der Waals surface area contributed by atoms with Crippen molar-refractivity contribution in [1.29, 1.82) is 0 Å². The van der Waals surface area contributed by atoms with Crippen LogP contribution in [0, 0.1) is 13.8 Å². The van der Waals surface area contributed by atoms with Gasteiger partial charge in [-0.25, -0.2) is 8.42 Å². The number of aryl methyl sites for hydroxylation is 1. The zero-order valence-corrected chi connectivity index (χ0v) is 20.8. The lowest BCUT2D eigenvalue weighted by atomic mass is 10.2. The van der Waals surface area contributed by atoms with Gasteiger partial charge in [-0.2, -0.15) is 0 Å². The summed E-state index contributed by atoms with van der Waals surface area (Å²) in [7, 11) is -3.71. The molecule has 35 heavy (non-hydrogen) atoms. The Morgan fingerprint density at radius 3 is 2.49 bits per heavy atom. The fourth-order valence-corrected chi connectivity index (χ4v) is 5.26. The smallest absolute Gasteiger partial charge is 0.262 e. The van der Waals surface area contributed by atoms with Gasteiger partial charge in [0.2, 0.25) is 5.91 Å². The molecule has 2 N–H and O–H groups in total. The van der Waals surface area contributed by atoms with Gasteiger partial charge in [0.1, 0.15) is 5.84 Å². The van der Waals surface area contributed by atoms with Crippen LogP contribution in [0.4, 0.5) is 5.69 Å². The number of para-hydroxylation sites is 1. The molecule has 2 aromatic carbocycles. The SMILES string of the molecule is Cc1cc(C=CC(=O)Nc2ccc(S(=O)(=O)NC3=NCCCCC3)cc2)c(C)n1-c1ccccc1. The third-order valence-corrected chi connectivity index (χ3v) is 7.35. The number of hydrogen-bond acceptors (Lipinski definition) is 4. The van der Waals surface area contributed by atoms with E-state index < -0.39 is 10.0 Å². The number of aliphatic imine (C=N–C) groups is 1.